The van der Waals surface area contributed by atoms with E-state index in [9.17, 15) is 0 Å². The Hall–Kier alpha value is -2.82. The molecule has 2 aromatic carbocycles. The zero-order valence-corrected chi connectivity index (χ0v) is 14.2. The molecule has 0 N–H and O–H groups in total. The van der Waals surface area contributed by atoms with E-state index in [2.05, 4.69) is 16.3 Å². The van der Waals surface area contributed by atoms with Gasteiger partial charge in [0.1, 0.15) is 11.5 Å². The lowest BCUT2D eigenvalue weighted by molar-refractivity contribution is 0.261. The van der Waals surface area contributed by atoms with E-state index < -0.39 is 0 Å². The summed E-state index contributed by atoms with van der Waals surface area (Å²) in [6.45, 7) is 0.263. The molecule has 4 rings (SSSR count). The van der Waals surface area contributed by atoms with Gasteiger partial charge in [0.15, 0.2) is 6.61 Å². The molecule has 1 heterocycles. The Balaban J connectivity index is 1.51. The van der Waals surface area contributed by atoms with Crippen LogP contribution in [0, 0.1) is 0 Å². The van der Waals surface area contributed by atoms with Crippen molar-refractivity contribution in [3.8, 4) is 23.0 Å². The topological polar surface area (TPSA) is 57.4 Å². The fourth-order valence-electron chi connectivity index (χ4n) is 3.26. The van der Waals surface area contributed by atoms with Crippen LogP contribution in [0.1, 0.15) is 29.9 Å². The van der Waals surface area contributed by atoms with Crippen LogP contribution >= 0.6 is 0 Å². The second-order valence-corrected chi connectivity index (χ2v) is 6.09. The summed E-state index contributed by atoms with van der Waals surface area (Å²) in [5.74, 6) is 2.52. The van der Waals surface area contributed by atoms with E-state index in [1.165, 1.54) is 24.0 Å². The van der Waals surface area contributed by atoms with Crippen molar-refractivity contribution in [2.24, 2.45) is 0 Å². The molecular weight excluding hydrogens is 316 g/mol. The fraction of sp³-hybridized carbons (Fsp3) is 0.300. The summed E-state index contributed by atoms with van der Waals surface area (Å²) in [4.78, 5) is 0. The van der Waals surface area contributed by atoms with E-state index in [1.54, 1.807) is 7.11 Å². The molecule has 0 atom stereocenters. The summed E-state index contributed by atoms with van der Waals surface area (Å²) in [7, 11) is 1.62. The van der Waals surface area contributed by atoms with Gasteiger partial charge in [-0.25, -0.2) is 0 Å². The van der Waals surface area contributed by atoms with Crippen LogP contribution in [0.25, 0.3) is 11.5 Å². The molecule has 0 saturated carbocycles. The summed E-state index contributed by atoms with van der Waals surface area (Å²) in [5, 5.41) is 8.22. The van der Waals surface area contributed by atoms with Crippen molar-refractivity contribution in [1.29, 1.82) is 0 Å². The van der Waals surface area contributed by atoms with Gasteiger partial charge in [-0.05, 0) is 55.0 Å². The van der Waals surface area contributed by atoms with Crippen LogP contribution in [-0.2, 0) is 19.4 Å². The van der Waals surface area contributed by atoms with Gasteiger partial charge in [-0.3, -0.25) is 0 Å². The molecule has 0 bridgehead atoms. The molecule has 0 fully saturated rings. The summed E-state index contributed by atoms with van der Waals surface area (Å²) < 4.78 is 17.1. The van der Waals surface area contributed by atoms with Crippen molar-refractivity contribution < 1.29 is 13.9 Å². The van der Waals surface area contributed by atoms with Gasteiger partial charge in [-0.2, -0.15) is 0 Å². The maximum Gasteiger partial charge on any atom is 0.254 e. The van der Waals surface area contributed by atoms with Gasteiger partial charge in [0.2, 0.25) is 0 Å². The molecule has 128 valence electrons. The van der Waals surface area contributed by atoms with Crippen LogP contribution in [0.3, 0.4) is 0 Å². The number of nitrogens with zero attached hydrogens (tertiary/aromatic N) is 2. The van der Waals surface area contributed by atoms with Crippen molar-refractivity contribution in [2.45, 2.75) is 32.3 Å². The molecule has 0 saturated heterocycles. The zero-order valence-electron chi connectivity index (χ0n) is 14.2. The zero-order chi connectivity index (χ0) is 17.1. The van der Waals surface area contributed by atoms with Gasteiger partial charge < -0.3 is 13.9 Å². The van der Waals surface area contributed by atoms with Crippen LogP contribution in [0.2, 0.25) is 0 Å². The Bertz CT molecular complexity index is 873. The van der Waals surface area contributed by atoms with Crippen molar-refractivity contribution in [2.75, 3.05) is 7.11 Å². The molecule has 25 heavy (non-hydrogen) atoms. The second kappa shape index (κ2) is 6.97. The molecule has 5 nitrogen and oxygen atoms in total. The third-order valence-corrected chi connectivity index (χ3v) is 4.51. The number of aromatic nitrogens is 2. The van der Waals surface area contributed by atoms with Gasteiger partial charge in [-0.15, -0.1) is 10.2 Å². The van der Waals surface area contributed by atoms with Crippen LogP contribution < -0.4 is 9.47 Å². The Morgan fingerprint density at radius 2 is 1.80 bits per heavy atom. The third-order valence-electron chi connectivity index (χ3n) is 4.51. The monoisotopic (exact) mass is 336 g/mol. The number of hydrogen-bond acceptors (Lipinski definition) is 5. The summed E-state index contributed by atoms with van der Waals surface area (Å²) in [5.41, 5.74) is 3.49. The fourth-order valence-corrected chi connectivity index (χ4v) is 3.26. The van der Waals surface area contributed by atoms with Gasteiger partial charge in [-0.1, -0.05) is 24.3 Å². The Labute approximate surface area is 146 Å². The van der Waals surface area contributed by atoms with Crippen molar-refractivity contribution in [3.05, 3.63) is 59.5 Å². The summed E-state index contributed by atoms with van der Waals surface area (Å²) in [6.07, 6.45) is 4.67. The third kappa shape index (κ3) is 3.22. The number of ether oxygens (including phenoxy) is 2. The first-order chi connectivity index (χ1) is 12.3. The van der Waals surface area contributed by atoms with Gasteiger partial charge in [0.05, 0.1) is 12.7 Å². The molecule has 0 radical (unpaired) electrons. The summed E-state index contributed by atoms with van der Waals surface area (Å²) in [6, 6.07) is 13.8. The lowest BCUT2D eigenvalue weighted by Gasteiger charge is -2.18. The lowest BCUT2D eigenvalue weighted by Crippen LogP contribution is -2.06. The molecule has 1 aromatic heterocycles. The van der Waals surface area contributed by atoms with E-state index >= 15 is 0 Å². The highest BCUT2D eigenvalue weighted by Crippen LogP contribution is 2.31. The molecule has 0 unspecified atom stereocenters. The molecule has 1 aliphatic rings. The minimum atomic E-state index is 0.263. The number of benzene rings is 2. The van der Waals surface area contributed by atoms with E-state index in [0.717, 1.165) is 24.2 Å². The highest BCUT2D eigenvalue weighted by Gasteiger charge is 2.16. The molecular formula is C20H20N2O3. The number of fused-ring (bicyclic) bond motifs is 1. The second-order valence-electron chi connectivity index (χ2n) is 6.09. The SMILES string of the molecule is COc1ccccc1-c1nnc(COc2cccc3c2CCCC3)o1. The van der Waals surface area contributed by atoms with E-state index in [0.29, 0.717) is 17.5 Å². The summed E-state index contributed by atoms with van der Waals surface area (Å²) >= 11 is 0. The Morgan fingerprint density at radius 3 is 2.72 bits per heavy atom. The molecule has 0 aliphatic heterocycles. The van der Waals surface area contributed by atoms with E-state index in [4.69, 9.17) is 13.9 Å². The van der Waals surface area contributed by atoms with Crippen LogP contribution in [0.5, 0.6) is 11.5 Å². The first kappa shape index (κ1) is 15.7. The number of para-hydroxylation sites is 1. The van der Waals surface area contributed by atoms with Gasteiger partial charge >= 0.3 is 0 Å². The maximum atomic E-state index is 5.97. The maximum absolute atomic E-state index is 5.97. The highest BCUT2D eigenvalue weighted by molar-refractivity contribution is 5.62. The molecule has 0 spiro atoms. The van der Waals surface area contributed by atoms with Crippen molar-refractivity contribution in [1.82, 2.24) is 10.2 Å². The van der Waals surface area contributed by atoms with Crippen molar-refractivity contribution >= 4 is 0 Å². The van der Waals surface area contributed by atoms with Crippen molar-refractivity contribution in [3.63, 3.8) is 0 Å². The number of methoxy groups -OCH3 is 1. The predicted molar refractivity (Wildman–Crippen MR) is 93.7 cm³/mol. The predicted octanol–water partition coefficient (Wildman–Crippen LogP) is 4.20. The van der Waals surface area contributed by atoms with Gasteiger partial charge in [0, 0.05) is 0 Å². The Kier molecular flexibility index (Phi) is 4.37. The largest absolute Gasteiger partial charge is 0.496 e. The van der Waals surface area contributed by atoms with Gasteiger partial charge in [0.25, 0.3) is 11.8 Å². The van der Waals surface area contributed by atoms with E-state index in [-0.39, 0.29) is 6.61 Å². The van der Waals surface area contributed by atoms with Crippen LogP contribution in [0.15, 0.2) is 46.9 Å². The number of aryl methyl sites for hydroxylation is 1. The number of rotatable bonds is 5. The molecule has 5 heteroatoms. The minimum Gasteiger partial charge on any atom is -0.496 e. The molecule has 1 aliphatic carbocycles. The average Bonchev–Trinajstić information content (AvgIpc) is 3.15. The standard InChI is InChI=1S/C20H20N2O3/c1-23-17-11-5-4-10-16(17)20-22-21-19(25-20)13-24-18-12-6-8-14-7-2-3-9-15(14)18/h4-6,8,10-12H,2-3,7,9,13H2,1H3. The Morgan fingerprint density at radius 1 is 0.960 bits per heavy atom. The first-order valence-electron chi connectivity index (χ1n) is 8.54. The molecule has 3 aromatic rings. The normalized spacial score (nSPS) is 13.3. The smallest absolute Gasteiger partial charge is 0.254 e. The molecule has 0 amide bonds. The lowest BCUT2D eigenvalue weighted by atomic mass is 9.91. The van der Waals surface area contributed by atoms with Crippen LogP contribution in [-0.4, -0.2) is 17.3 Å². The quantitative estimate of drug-likeness (QED) is 0.699. The van der Waals surface area contributed by atoms with Crippen LogP contribution in [0.4, 0.5) is 0 Å². The average molecular weight is 336 g/mol. The minimum absolute atomic E-state index is 0.263. The number of hydrogen-bond donors (Lipinski definition) is 0. The highest BCUT2D eigenvalue weighted by atomic mass is 16.5. The van der Waals surface area contributed by atoms with E-state index in [1.807, 2.05) is 36.4 Å². The first-order valence-corrected chi connectivity index (χ1v) is 8.54.